The summed E-state index contributed by atoms with van der Waals surface area (Å²) in [7, 11) is 1.86. The van der Waals surface area contributed by atoms with Crippen LogP contribution in [0.25, 0.3) is 0 Å². The Balaban J connectivity index is 1.15. The number of rotatable bonds is 9. The maximum absolute atomic E-state index is 13.7. The first-order valence-electron chi connectivity index (χ1n) is 13.7. The Kier molecular flexibility index (Phi) is 9.09. The molecular formula is C27H28N8O7S3. The molecule has 0 aliphatic carbocycles. The number of esters is 1. The van der Waals surface area contributed by atoms with Crippen LogP contribution < -0.4 is 20.8 Å². The van der Waals surface area contributed by atoms with Crippen LogP contribution in [0.15, 0.2) is 69.4 Å². The summed E-state index contributed by atoms with van der Waals surface area (Å²) in [5, 5.41) is 19.7. The fourth-order valence-electron chi connectivity index (χ4n) is 5.13. The van der Waals surface area contributed by atoms with Crippen LogP contribution in [0.2, 0.25) is 0 Å². The van der Waals surface area contributed by atoms with E-state index in [-0.39, 0.29) is 18.0 Å². The summed E-state index contributed by atoms with van der Waals surface area (Å²) in [6.45, 7) is 0.670. The summed E-state index contributed by atoms with van der Waals surface area (Å²) in [6, 6.07) is 5.79. The molecule has 5 heterocycles. The molecule has 15 nitrogen and oxygen atoms in total. The average molecular weight is 673 g/mol. The fourth-order valence-corrected chi connectivity index (χ4v) is 8.41. The van der Waals surface area contributed by atoms with Crippen LogP contribution in [0.5, 0.6) is 0 Å². The molecule has 5 aliphatic heterocycles. The van der Waals surface area contributed by atoms with Crippen LogP contribution in [0, 0.1) is 0 Å². The quantitative estimate of drug-likeness (QED) is 0.139. The van der Waals surface area contributed by atoms with E-state index in [0.717, 1.165) is 4.24 Å². The maximum Gasteiger partial charge on any atom is 0.361 e. The van der Waals surface area contributed by atoms with Gasteiger partial charge in [0, 0.05) is 43.9 Å². The summed E-state index contributed by atoms with van der Waals surface area (Å²) in [5.74, 6) is -2.23. The molecule has 236 valence electrons. The average Bonchev–Trinajstić information content (AvgIpc) is 3.79. The van der Waals surface area contributed by atoms with Crippen molar-refractivity contribution in [3.8, 4) is 0 Å². The molecule has 4 atom stereocenters. The second-order valence-electron chi connectivity index (χ2n) is 10.2. The molecule has 18 heteroatoms. The monoisotopic (exact) mass is 672 g/mol. The Bertz CT molecular complexity index is 1550. The largest absolute Gasteiger partial charge is 0.477 e. The molecule has 0 radical (unpaired) electrons. The van der Waals surface area contributed by atoms with Gasteiger partial charge in [0.25, 0.3) is 5.91 Å². The van der Waals surface area contributed by atoms with E-state index in [4.69, 9.17) is 4.74 Å². The van der Waals surface area contributed by atoms with E-state index in [1.807, 2.05) is 13.2 Å². The van der Waals surface area contributed by atoms with Gasteiger partial charge in [0.1, 0.15) is 28.9 Å². The zero-order valence-electron chi connectivity index (χ0n) is 23.7. The third-order valence-electron chi connectivity index (χ3n) is 7.30. The summed E-state index contributed by atoms with van der Waals surface area (Å²) in [6.07, 6.45) is 3.65. The number of hydrazine groups is 1. The highest BCUT2D eigenvalue weighted by atomic mass is 32.2. The van der Waals surface area contributed by atoms with Gasteiger partial charge in [-0.05, 0) is 23.1 Å². The van der Waals surface area contributed by atoms with E-state index in [9.17, 15) is 29.1 Å². The number of cyclic esters (lactones) is 1. The van der Waals surface area contributed by atoms with Gasteiger partial charge in [-0.2, -0.15) is 4.83 Å². The van der Waals surface area contributed by atoms with Gasteiger partial charge in [-0.1, -0.05) is 30.3 Å². The van der Waals surface area contributed by atoms with Gasteiger partial charge in [0.2, 0.25) is 5.91 Å². The number of hydrogen-bond acceptors (Lipinski definition) is 13. The van der Waals surface area contributed by atoms with Crippen LogP contribution in [0.4, 0.5) is 4.79 Å². The van der Waals surface area contributed by atoms with Crippen molar-refractivity contribution >= 4 is 71.0 Å². The fraction of sp³-hybridized carbons (Fsp3) is 0.333. The predicted molar refractivity (Wildman–Crippen MR) is 168 cm³/mol. The Morgan fingerprint density at radius 2 is 2.04 bits per heavy atom. The number of hydrogen-bond donors (Lipinski definition) is 5. The molecule has 2 fully saturated rings. The standard InChI is InChI=1S/C27H28N8O7S3/c1-33-11-17(45-32-33)43-12-15-13-44-23-19(22(37)35(23)20(15)24(38)39)30-21(36)18(14-5-3-2-4-6-14)31-27(41)34-9-8-28-26(34)29-16-7-10-42-25(16)40/h2-7,10-11,18-19,23,26,28,32H,8-9,12-13H2,1H3,(H,30,36)(H,31,41)(H,38,39)/t18-,19?,23-,26?/m1/s1. The van der Waals surface area contributed by atoms with Crippen molar-refractivity contribution in [3.05, 3.63) is 69.9 Å². The van der Waals surface area contributed by atoms with Crippen LogP contribution >= 0.6 is 35.5 Å². The van der Waals surface area contributed by atoms with Crippen molar-refractivity contribution in [2.24, 2.45) is 4.99 Å². The second-order valence-corrected chi connectivity index (χ2v) is 13.4. The summed E-state index contributed by atoms with van der Waals surface area (Å²) >= 11 is 4.28. The van der Waals surface area contributed by atoms with Gasteiger partial charge >= 0.3 is 18.0 Å². The molecule has 2 saturated heterocycles. The Labute approximate surface area is 270 Å². The molecule has 2 unspecified atom stereocenters. The number of benzene rings is 1. The molecule has 4 amide bonds. The highest BCUT2D eigenvalue weighted by Crippen LogP contribution is 2.42. The molecule has 1 aromatic carbocycles. The number of thioether (sulfide) groups is 2. The van der Waals surface area contributed by atoms with Gasteiger partial charge < -0.3 is 25.5 Å². The first-order valence-corrected chi connectivity index (χ1v) is 16.6. The molecule has 0 bridgehead atoms. The number of nitrogens with one attached hydrogen (secondary N) is 4. The lowest BCUT2D eigenvalue weighted by atomic mass is 10.0. The minimum absolute atomic E-state index is 0.0539. The van der Waals surface area contributed by atoms with E-state index in [1.54, 1.807) is 35.3 Å². The third kappa shape index (κ3) is 6.41. The van der Waals surface area contributed by atoms with Crippen LogP contribution in [-0.4, -0.2) is 105 Å². The number of aliphatic imine (C=N–C) groups is 1. The number of fused-ring (bicyclic) bond motifs is 1. The Hall–Kier alpha value is -3.97. The zero-order chi connectivity index (χ0) is 31.7. The van der Waals surface area contributed by atoms with Gasteiger partial charge in [-0.25, -0.2) is 19.4 Å². The van der Waals surface area contributed by atoms with Gasteiger partial charge in [-0.3, -0.25) is 24.7 Å². The van der Waals surface area contributed by atoms with Gasteiger partial charge in [-0.15, -0.1) is 23.5 Å². The van der Waals surface area contributed by atoms with Crippen LogP contribution in [0.1, 0.15) is 11.6 Å². The Morgan fingerprint density at radius 1 is 1.24 bits per heavy atom. The van der Waals surface area contributed by atoms with E-state index in [1.165, 1.54) is 57.6 Å². The molecule has 0 spiro atoms. The third-order valence-corrected chi connectivity index (χ3v) is 10.8. The van der Waals surface area contributed by atoms with Crippen molar-refractivity contribution in [1.29, 1.82) is 0 Å². The number of carbonyl (C=O) groups excluding carboxylic acids is 4. The number of nitrogens with zero attached hydrogens (tertiary/aromatic N) is 4. The number of aliphatic carboxylic acids is 1. The molecule has 0 saturated carbocycles. The maximum atomic E-state index is 13.7. The molecular weight excluding hydrogens is 645 g/mol. The topological polar surface area (TPSA) is 185 Å². The minimum atomic E-state index is -1.20. The Morgan fingerprint density at radius 3 is 2.73 bits per heavy atom. The lowest BCUT2D eigenvalue weighted by Gasteiger charge is -2.49. The number of carboxylic acids is 1. The van der Waals surface area contributed by atoms with Crippen LogP contribution in [0.3, 0.4) is 0 Å². The number of carbonyl (C=O) groups is 5. The number of ether oxygens (including phenoxy) is 1. The highest BCUT2D eigenvalue weighted by molar-refractivity contribution is 8.21. The zero-order valence-corrected chi connectivity index (χ0v) is 26.1. The number of β-lactam (4-membered cyclic amide) rings is 1. The van der Waals surface area contributed by atoms with E-state index >= 15 is 0 Å². The lowest BCUT2D eigenvalue weighted by molar-refractivity contribution is -0.151. The molecule has 6 rings (SSSR count). The first kappa shape index (κ1) is 31.0. The van der Waals surface area contributed by atoms with E-state index in [0.29, 0.717) is 29.2 Å². The molecule has 45 heavy (non-hydrogen) atoms. The van der Waals surface area contributed by atoms with Gasteiger partial charge in [0.15, 0.2) is 6.29 Å². The van der Waals surface area contributed by atoms with Crippen molar-refractivity contribution < 1.29 is 33.8 Å². The molecule has 0 aromatic heterocycles. The second kappa shape index (κ2) is 13.2. The van der Waals surface area contributed by atoms with Crippen molar-refractivity contribution in [2.45, 2.75) is 23.7 Å². The van der Waals surface area contributed by atoms with Crippen LogP contribution in [-0.2, 0) is 23.9 Å². The first-order chi connectivity index (χ1) is 21.7. The molecule has 1 aromatic rings. The van der Waals surface area contributed by atoms with Crippen molar-refractivity contribution in [2.75, 3.05) is 31.6 Å². The normalized spacial score (nSPS) is 25.6. The smallest absolute Gasteiger partial charge is 0.361 e. The number of amides is 4. The van der Waals surface area contributed by atoms with Crippen molar-refractivity contribution in [1.82, 2.24) is 35.6 Å². The van der Waals surface area contributed by atoms with E-state index in [2.05, 4.69) is 25.8 Å². The summed E-state index contributed by atoms with van der Waals surface area (Å²) < 4.78 is 5.73. The molecule has 5 aliphatic rings. The van der Waals surface area contributed by atoms with Crippen molar-refractivity contribution in [3.63, 3.8) is 0 Å². The van der Waals surface area contributed by atoms with Gasteiger partial charge in [0.05, 0.1) is 10.5 Å². The predicted octanol–water partition coefficient (Wildman–Crippen LogP) is 0.507. The van der Waals surface area contributed by atoms with E-state index < -0.39 is 53.5 Å². The highest BCUT2D eigenvalue weighted by Gasteiger charge is 2.54. The summed E-state index contributed by atoms with van der Waals surface area (Å²) in [5.41, 5.74) is 1.09. The lowest BCUT2D eigenvalue weighted by Crippen LogP contribution is -2.71. The summed E-state index contributed by atoms with van der Waals surface area (Å²) in [4.78, 5) is 74.4. The minimum Gasteiger partial charge on any atom is -0.477 e. The number of carboxylic acid groups (broad SMARTS) is 1. The SMILES string of the molecule is CN1C=C(SCC2=C(C(=O)O)N3C(=O)C(NC(=O)[C@H](NC(=O)N4CCNC4N=C4C=COC4=O)c4ccccc4)[C@H]3SC2)SN1. The number of urea groups is 1. The molecule has 5 N–H and O–H groups in total.